The van der Waals surface area contributed by atoms with Crippen LogP contribution in [-0.4, -0.2) is 6.04 Å². The van der Waals surface area contributed by atoms with E-state index >= 15 is 0 Å². The summed E-state index contributed by atoms with van der Waals surface area (Å²) < 4.78 is 0. The van der Waals surface area contributed by atoms with Gasteiger partial charge < -0.3 is 5.73 Å². The molecule has 82 valence electrons. The van der Waals surface area contributed by atoms with Crippen LogP contribution < -0.4 is 5.73 Å². The third-order valence-electron chi connectivity index (χ3n) is 4.49. The van der Waals surface area contributed by atoms with E-state index in [4.69, 9.17) is 5.73 Å². The minimum atomic E-state index is 0.524. The Labute approximate surface area is 88.4 Å². The summed E-state index contributed by atoms with van der Waals surface area (Å²) in [6.07, 6.45) is 7.08. The molecule has 2 unspecified atom stereocenters. The fourth-order valence-electron chi connectivity index (χ4n) is 3.19. The predicted molar refractivity (Wildman–Crippen MR) is 61.0 cm³/mol. The van der Waals surface area contributed by atoms with E-state index in [0.717, 1.165) is 17.8 Å². The van der Waals surface area contributed by atoms with Crippen molar-refractivity contribution in [1.29, 1.82) is 0 Å². The molecule has 2 fully saturated rings. The summed E-state index contributed by atoms with van der Waals surface area (Å²) in [6, 6.07) is 0.561. The van der Waals surface area contributed by atoms with Crippen molar-refractivity contribution in [3.05, 3.63) is 0 Å². The summed E-state index contributed by atoms with van der Waals surface area (Å²) in [4.78, 5) is 0. The second kappa shape index (κ2) is 3.52. The van der Waals surface area contributed by atoms with Crippen molar-refractivity contribution in [2.24, 2.45) is 28.9 Å². The zero-order chi connectivity index (χ0) is 10.3. The molecule has 0 saturated heterocycles. The van der Waals surface area contributed by atoms with E-state index in [2.05, 4.69) is 20.8 Å². The molecule has 2 N–H and O–H groups in total. The third-order valence-corrected chi connectivity index (χ3v) is 4.49. The monoisotopic (exact) mass is 195 g/mol. The first-order valence-corrected chi connectivity index (χ1v) is 6.24. The van der Waals surface area contributed by atoms with Gasteiger partial charge in [-0.2, -0.15) is 0 Å². The summed E-state index contributed by atoms with van der Waals surface area (Å²) in [5.74, 6) is 2.83. The highest BCUT2D eigenvalue weighted by atomic mass is 14.8. The van der Waals surface area contributed by atoms with Gasteiger partial charge >= 0.3 is 0 Å². The lowest BCUT2D eigenvalue weighted by Gasteiger charge is -2.37. The van der Waals surface area contributed by atoms with E-state index in [-0.39, 0.29) is 0 Å². The fraction of sp³-hybridized carbons (Fsp3) is 1.00. The molecule has 2 atom stereocenters. The Morgan fingerprint density at radius 3 is 1.86 bits per heavy atom. The largest absolute Gasteiger partial charge is 0.327 e. The zero-order valence-electron chi connectivity index (χ0n) is 9.92. The van der Waals surface area contributed by atoms with E-state index in [1.165, 1.54) is 32.1 Å². The second-order valence-corrected chi connectivity index (χ2v) is 6.54. The Morgan fingerprint density at radius 1 is 1.00 bits per heavy atom. The van der Waals surface area contributed by atoms with Gasteiger partial charge in [-0.3, -0.25) is 0 Å². The molecule has 0 aromatic carbocycles. The first kappa shape index (κ1) is 10.5. The molecule has 2 rings (SSSR count). The van der Waals surface area contributed by atoms with Crippen LogP contribution in [0.2, 0.25) is 0 Å². The van der Waals surface area contributed by atoms with Gasteiger partial charge in [0.25, 0.3) is 0 Å². The van der Waals surface area contributed by atoms with Gasteiger partial charge in [-0.05, 0) is 55.3 Å². The van der Waals surface area contributed by atoms with Crippen LogP contribution in [-0.2, 0) is 0 Å². The number of nitrogens with two attached hydrogens (primary N) is 1. The summed E-state index contributed by atoms with van der Waals surface area (Å²) in [7, 11) is 0. The van der Waals surface area contributed by atoms with Crippen LogP contribution in [0.3, 0.4) is 0 Å². The van der Waals surface area contributed by atoms with Crippen LogP contribution >= 0.6 is 0 Å². The molecular formula is C13H25N. The molecule has 2 saturated carbocycles. The minimum absolute atomic E-state index is 0.524. The molecule has 14 heavy (non-hydrogen) atoms. The molecule has 2 aliphatic carbocycles. The maximum absolute atomic E-state index is 5.92. The van der Waals surface area contributed by atoms with Crippen molar-refractivity contribution in [1.82, 2.24) is 0 Å². The van der Waals surface area contributed by atoms with E-state index in [1.54, 1.807) is 0 Å². The van der Waals surface area contributed by atoms with Crippen LogP contribution in [0.1, 0.15) is 52.9 Å². The Balaban J connectivity index is 1.81. The van der Waals surface area contributed by atoms with Gasteiger partial charge in [-0.15, -0.1) is 0 Å². The summed E-state index contributed by atoms with van der Waals surface area (Å²) in [5, 5.41) is 0. The Kier molecular flexibility index (Phi) is 2.63. The van der Waals surface area contributed by atoms with Crippen molar-refractivity contribution < 1.29 is 0 Å². The van der Waals surface area contributed by atoms with Crippen LogP contribution in [0.25, 0.3) is 0 Å². The lowest BCUT2D eigenvalue weighted by Crippen LogP contribution is -2.27. The lowest BCUT2D eigenvalue weighted by atomic mass is 9.69. The maximum Gasteiger partial charge on any atom is 0.00737 e. The van der Waals surface area contributed by atoms with Crippen molar-refractivity contribution in [3.63, 3.8) is 0 Å². The molecule has 0 aliphatic heterocycles. The molecule has 0 aromatic rings. The van der Waals surface area contributed by atoms with E-state index in [0.29, 0.717) is 11.5 Å². The molecule has 0 bridgehead atoms. The smallest absolute Gasteiger partial charge is 0.00737 e. The molecule has 0 heterocycles. The molecule has 1 heteroatoms. The number of hydrogen-bond donors (Lipinski definition) is 1. The van der Waals surface area contributed by atoms with Gasteiger partial charge in [0.15, 0.2) is 0 Å². The quantitative estimate of drug-likeness (QED) is 0.683. The van der Waals surface area contributed by atoms with Crippen LogP contribution in [0.15, 0.2) is 0 Å². The Hall–Kier alpha value is -0.0400. The molecule has 0 amide bonds. The van der Waals surface area contributed by atoms with Gasteiger partial charge in [0.1, 0.15) is 0 Å². The highest BCUT2D eigenvalue weighted by Gasteiger charge is 2.42. The molecular weight excluding hydrogens is 170 g/mol. The van der Waals surface area contributed by atoms with Crippen molar-refractivity contribution in [3.8, 4) is 0 Å². The van der Waals surface area contributed by atoms with E-state index in [9.17, 15) is 0 Å². The SMILES string of the molecule is CC(C)(C)C1CCC(C2CC2N)CC1. The lowest BCUT2D eigenvalue weighted by molar-refractivity contribution is 0.141. The van der Waals surface area contributed by atoms with Crippen molar-refractivity contribution >= 4 is 0 Å². The Bertz CT molecular complexity index is 196. The van der Waals surface area contributed by atoms with Crippen LogP contribution in [0.5, 0.6) is 0 Å². The van der Waals surface area contributed by atoms with Crippen LogP contribution in [0.4, 0.5) is 0 Å². The molecule has 0 spiro atoms. The van der Waals surface area contributed by atoms with Gasteiger partial charge in [0.05, 0.1) is 0 Å². The number of hydrogen-bond acceptors (Lipinski definition) is 1. The van der Waals surface area contributed by atoms with Crippen molar-refractivity contribution in [2.45, 2.75) is 58.9 Å². The molecule has 0 aromatic heterocycles. The average molecular weight is 195 g/mol. The maximum atomic E-state index is 5.92. The third kappa shape index (κ3) is 2.13. The zero-order valence-corrected chi connectivity index (χ0v) is 9.92. The van der Waals surface area contributed by atoms with Gasteiger partial charge in [0.2, 0.25) is 0 Å². The molecule has 0 radical (unpaired) electrons. The van der Waals surface area contributed by atoms with Gasteiger partial charge in [-0.25, -0.2) is 0 Å². The number of rotatable bonds is 1. The average Bonchev–Trinajstić information content (AvgIpc) is 2.81. The van der Waals surface area contributed by atoms with Crippen LogP contribution in [0, 0.1) is 23.2 Å². The minimum Gasteiger partial charge on any atom is -0.327 e. The summed E-state index contributed by atoms with van der Waals surface area (Å²) >= 11 is 0. The summed E-state index contributed by atoms with van der Waals surface area (Å²) in [6.45, 7) is 7.17. The summed E-state index contributed by atoms with van der Waals surface area (Å²) in [5.41, 5.74) is 6.44. The highest BCUT2D eigenvalue weighted by Crippen LogP contribution is 2.47. The second-order valence-electron chi connectivity index (χ2n) is 6.54. The standard InChI is InChI=1S/C13H25N/c1-13(2,3)10-6-4-9(5-7-10)11-8-12(11)14/h9-12H,4-8,14H2,1-3H3. The van der Waals surface area contributed by atoms with E-state index in [1.807, 2.05) is 0 Å². The van der Waals surface area contributed by atoms with Gasteiger partial charge in [0, 0.05) is 6.04 Å². The predicted octanol–water partition coefficient (Wildman–Crippen LogP) is 3.19. The first-order chi connectivity index (χ1) is 6.48. The normalized spacial score (nSPS) is 43.7. The Morgan fingerprint density at radius 2 is 1.50 bits per heavy atom. The molecule has 2 aliphatic rings. The highest BCUT2D eigenvalue weighted by molar-refractivity contribution is 4.96. The fourth-order valence-corrected chi connectivity index (χ4v) is 3.19. The van der Waals surface area contributed by atoms with E-state index < -0.39 is 0 Å². The topological polar surface area (TPSA) is 26.0 Å². The molecule has 1 nitrogen and oxygen atoms in total. The van der Waals surface area contributed by atoms with Gasteiger partial charge in [-0.1, -0.05) is 20.8 Å². The first-order valence-electron chi connectivity index (χ1n) is 6.24. The van der Waals surface area contributed by atoms with Crippen molar-refractivity contribution in [2.75, 3.05) is 0 Å².